The van der Waals surface area contributed by atoms with Crippen molar-refractivity contribution in [2.45, 2.75) is 51.5 Å². The highest BCUT2D eigenvalue weighted by atomic mass is 16.2. The molecule has 3 aliphatic rings. The average molecular weight is 264 g/mol. The molecular weight excluding hydrogens is 240 g/mol. The Balaban J connectivity index is 1.72. The van der Waals surface area contributed by atoms with E-state index in [1.807, 2.05) is 0 Å². The van der Waals surface area contributed by atoms with E-state index >= 15 is 0 Å². The van der Waals surface area contributed by atoms with E-state index in [1.165, 1.54) is 6.42 Å². The van der Waals surface area contributed by atoms with Crippen LogP contribution in [0.1, 0.15) is 45.4 Å². The van der Waals surface area contributed by atoms with Crippen LogP contribution in [0.5, 0.6) is 0 Å². The van der Waals surface area contributed by atoms with E-state index in [0.717, 1.165) is 45.3 Å². The van der Waals surface area contributed by atoms with E-state index in [0.29, 0.717) is 36.1 Å². The maximum Gasteiger partial charge on any atom is 0.222 e. The quantitative estimate of drug-likeness (QED) is 0.761. The molecule has 0 aromatic carbocycles. The summed E-state index contributed by atoms with van der Waals surface area (Å²) in [6.45, 7) is 4.69. The third kappa shape index (κ3) is 2.37. The van der Waals surface area contributed by atoms with Gasteiger partial charge >= 0.3 is 0 Å². The standard InChI is InChI=1S/C15H24N2O2/c1-2-4-14(18)16-8-11-7-12(10-16)13-5-3-6-15(19)17(13)9-11/h11-13H,2-10H2,1H3/t11-,12-,13-/m1/s1. The SMILES string of the molecule is CCCC(=O)N1C[C@H]2C[C@H](C1)[C@H]1CCCC(=O)N1C2. The molecule has 3 saturated heterocycles. The van der Waals surface area contributed by atoms with Crippen molar-refractivity contribution in [2.24, 2.45) is 11.8 Å². The van der Waals surface area contributed by atoms with Crippen LogP contribution < -0.4 is 0 Å². The van der Waals surface area contributed by atoms with Crippen molar-refractivity contribution in [3.05, 3.63) is 0 Å². The summed E-state index contributed by atoms with van der Waals surface area (Å²) in [5.74, 6) is 1.70. The van der Waals surface area contributed by atoms with Crippen LogP contribution in [-0.2, 0) is 9.59 Å². The van der Waals surface area contributed by atoms with Crippen molar-refractivity contribution in [1.29, 1.82) is 0 Å². The van der Waals surface area contributed by atoms with Crippen LogP contribution in [0.25, 0.3) is 0 Å². The molecule has 0 radical (unpaired) electrons. The summed E-state index contributed by atoms with van der Waals surface area (Å²) < 4.78 is 0. The molecule has 0 unspecified atom stereocenters. The maximum absolute atomic E-state index is 12.1. The monoisotopic (exact) mass is 264 g/mol. The Morgan fingerprint density at radius 3 is 2.95 bits per heavy atom. The van der Waals surface area contributed by atoms with Gasteiger partial charge in [-0.25, -0.2) is 0 Å². The number of hydrogen-bond acceptors (Lipinski definition) is 2. The molecule has 3 fully saturated rings. The van der Waals surface area contributed by atoms with Crippen molar-refractivity contribution in [2.75, 3.05) is 19.6 Å². The van der Waals surface area contributed by atoms with Crippen LogP contribution in [0.2, 0.25) is 0 Å². The summed E-state index contributed by atoms with van der Waals surface area (Å²) in [5, 5.41) is 0. The number of rotatable bonds is 2. The summed E-state index contributed by atoms with van der Waals surface area (Å²) in [5.41, 5.74) is 0. The molecule has 4 heteroatoms. The first-order valence-corrected chi connectivity index (χ1v) is 7.76. The average Bonchev–Trinajstić information content (AvgIpc) is 2.40. The number of likely N-dealkylation sites (tertiary alicyclic amines) is 1. The van der Waals surface area contributed by atoms with E-state index in [9.17, 15) is 9.59 Å². The second kappa shape index (κ2) is 5.14. The lowest BCUT2D eigenvalue weighted by molar-refractivity contribution is -0.148. The summed E-state index contributed by atoms with van der Waals surface area (Å²) >= 11 is 0. The molecular formula is C15H24N2O2. The van der Waals surface area contributed by atoms with Gasteiger partial charge in [0.25, 0.3) is 0 Å². The highest BCUT2D eigenvalue weighted by Gasteiger charge is 2.44. The van der Waals surface area contributed by atoms with Crippen molar-refractivity contribution < 1.29 is 9.59 Å². The minimum Gasteiger partial charge on any atom is -0.342 e. The van der Waals surface area contributed by atoms with Crippen molar-refractivity contribution in [1.82, 2.24) is 9.80 Å². The second-order valence-corrected chi connectivity index (χ2v) is 6.42. The van der Waals surface area contributed by atoms with Gasteiger partial charge in [-0.05, 0) is 37.5 Å². The Labute approximate surface area is 115 Å². The second-order valence-electron chi connectivity index (χ2n) is 6.42. The summed E-state index contributed by atoms with van der Waals surface area (Å²) in [6.07, 6.45) is 5.72. The molecule has 0 aromatic rings. The first-order chi connectivity index (χ1) is 9.19. The summed E-state index contributed by atoms with van der Waals surface area (Å²) in [4.78, 5) is 28.3. The van der Waals surface area contributed by atoms with Crippen LogP contribution in [0.4, 0.5) is 0 Å². The fraction of sp³-hybridized carbons (Fsp3) is 0.867. The zero-order chi connectivity index (χ0) is 13.4. The Hall–Kier alpha value is -1.06. The molecule has 3 heterocycles. The topological polar surface area (TPSA) is 40.6 Å². The molecule has 3 aliphatic heterocycles. The van der Waals surface area contributed by atoms with E-state index in [-0.39, 0.29) is 0 Å². The Morgan fingerprint density at radius 2 is 2.16 bits per heavy atom. The lowest BCUT2D eigenvalue weighted by Gasteiger charge is -2.52. The third-order valence-corrected chi connectivity index (χ3v) is 5.00. The minimum atomic E-state index is 0.313. The predicted molar refractivity (Wildman–Crippen MR) is 72.4 cm³/mol. The van der Waals surface area contributed by atoms with Gasteiger partial charge in [0.15, 0.2) is 0 Å². The van der Waals surface area contributed by atoms with Gasteiger partial charge < -0.3 is 9.80 Å². The van der Waals surface area contributed by atoms with Gasteiger partial charge in [-0.15, -0.1) is 0 Å². The van der Waals surface area contributed by atoms with Gasteiger partial charge in [0.2, 0.25) is 11.8 Å². The molecule has 106 valence electrons. The molecule has 2 bridgehead atoms. The van der Waals surface area contributed by atoms with Gasteiger partial charge in [-0.3, -0.25) is 9.59 Å². The fourth-order valence-corrected chi connectivity index (χ4v) is 4.19. The molecule has 2 amide bonds. The Bertz CT molecular complexity index is 382. The largest absolute Gasteiger partial charge is 0.342 e. The maximum atomic E-state index is 12.1. The molecule has 19 heavy (non-hydrogen) atoms. The van der Waals surface area contributed by atoms with E-state index < -0.39 is 0 Å². The van der Waals surface area contributed by atoms with Gasteiger partial charge in [0.05, 0.1) is 0 Å². The van der Waals surface area contributed by atoms with E-state index in [4.69, 9.17) is 0 Å². The number of carbonyl (C=O) groups excluding carboxylic acids is 2. The Kier molecular flexibility index (Phi) is 3.50. The van der Waals surface area contributed by atoms with Gasteiger partial charge in [0, 0.05) is 38.5 Å². The summed E-state index contributed by atoms with van der Waals surface area (Å²) in [6, 6.07) is 0.412. The van der Waals surface area contributed by atoms with Crippen molar-refractivity contribution >= 4 is 11.8 Å². The smallest absolute Gasteiger partial charge is 0.222 e. The van der Waals surface area contributed by atoms with Crippen LogP contribution in [0.3, 0.4) is 0 Å². The lowest BCUT2D eigenvalue weighted by Crippen LogP contribution is -2.61. The van der Waals surface area contributed by atoms with Crippen molar-refractivity contribution in [3.63, 3.8) is 0 Å². The highest BCUT2D eigenvalue weighted by Crippen LogP contribution is 2.37. The molecule has 0 aromatic heterocycles. The van der Waals surface area contributed by atoms with Crippen molar-refractivity contribution in [3.8, 4) is 0 Å². The number of nitrogens with zero attached hydrogens (tertiary/aromatic N) is 2. The normalized spacial score (nSPS) is 34.2. The van der Waals surface area contributed by atoms with Crippen LogP contribution in [-0.4, -0.2) is 47.3 Å². The Morgan fingerprint density at radius 1 is 1.32 bits per heavy atom. The van der Waals surface area contributed by atoms with E-state index in [1.54, 1.807) is 0 Å². The predicted octanol–water partition coefficient (Wildman–Crippen LogP) is 1.65. The molecule has 0 spiro atoms. The van der Waals surface area contributed by atoms with E-state index in [2.05, 4.69) is 16.7 Å². The number of amides is 2. The molecule has 3 atom stereocenters. The van der Waals surface area contributed by atoms with Crippen LogP contribution in [0.15, 0.2) is 0 Å². The zero-order valence-electron chi connectivity index (χ0n) is 11.8. The first kappa shape index (κ1) is 12.9. The fourth-order valence-electron chi connectivity index (χ4n) is 4.19. The van der Waals surface area contributed by atoms with Crippen LogP contribution >= 0.6 is 0 Å². The molecule has 0 aliphatic carbocycles. The zero-order valence-corrected chi connectivity index (χ0v) is 11.8. The van der Waals surface area contributed by atoms with Gasteiger partial charge in [-0.2, -0.15) is 0 Å². The molecule has 4 nitrogen and oxygen atoms in total. The minimum absolute atomic E-state index is 0.313. The number of carbonyl (C=O) groups is 2. The first-order valence-electron chi connectivity index (χ1n) is 7.76. The lowest BCUT2D eigenvalue weighted by atomic mass is 9.76. The number of fused-ring (bicyclic) bond motifs is 4. The third-order valence-electron chi connectivity index (χ3n) is 5.00. The summed E-state index contributed by atoms with van der Waals surface area (Å²) in [7, 11) is 0. The van der Waals surface area contributed by atoms with Crippen LogP contribution in [0, 0.1) is 11.8 Å². The number of piperidine rings is 3. The van der Waals surface area contributed by atoms with Gasteiger partial charge in [0.1, 0.15) is 0 Å². The van der Waals surface area contributed by atoms with Gasteiger partial charge in [-0.1, -0.05) is 6.92 Å². The number of hydrogen-bond donors (Lipinski definition) is 0. The molecule has 0 N–H and O–H groups in total. The highest BCUT2D eigenvalue weighted by molar-refractivity contribution is 5.78. The molecule has 0 saturated carbocycles. The molecule has 3 rings (SSSR count).